The number of thioether (sulfide) groups is 1. The Morgan fingerprint density at radius 2 is 2.04 bits per heavy atom. The number of benzene rings is 2. The molecule has 23 heavy (non-hydrogen) atoms. The average Bonchev–Trinajstić information content (AvgIpc) is 2.92. The molecule has 0 aliphatic carbocycles. The van der Waals surface area contributed by atoms with Crippen molar-refractivity contribution in [3.05, 3.63) is 54.4 Å². The van der Waals surface area contributed by atoms with E-state index in [0.29, 0.717) is 11.5 Å². The summed E-state index contributed by atoms with van der Waals surface area (Å²) in [6.45, 7) is 3.74. The standard InChI is InChI=1S/C18H18N2O2S/c1-12(11-23-15-6-4-3-5-7-15)18(21)20-14-8-9-16-17(10-14)22-13(2)19-16/h3-10,12H,11H2,1-2H3,(H,20,21). The van der Waals surface area contributed by atoms with Crippen molar-refractivity contribution in [2.75, 3.05) is 11.1 Å². The van der Waals surface area contributed by atoms with Crippen LogP contribution in [0.15, 0.2) is 57.8 Å². The van der Waals surface area contributed by atoms with E-state index in [9.17, 15) is 4.79 Å². The van der Waals surface area contributed by atoms with Crippen LogP contribution in [0.2, 0.25) is 0 Å². The maximum Gasteiger partial charge on any atom is 0.228 e. The van der Waals surface area contributed by atoms with Gasteiger partial charge in [0.25, 0.3) is 0 Å². The lowest BCUT2D eigenvalue weighted by molar-refractivity contribution is -0.118. The second kappa shape index (κ2) is 6.87. The predicted octanol–water partition coefficient (Wildman–Crippen LogP) is 4.50. The monoisotopic (exact) mass is 326 g/mol. The molecular weight excluding hydrogens is 308 g/mol. The number of oxazole rings is 1. The summed E-state index contributed by atoms with van der Waals surface area (Å²) in [4.78, 5) is 17.7. The van der Waals surface area contributed by atoms with E-state index in [-0.39, 0.29) is 11.8 Å². The number of hydrogen-bond donors (Lipinski definition) is 1. The fourth-order valence-electron chi connectivity index (χ4n) is 2.20. The smallest absolute Gasteiger partial charge is 0.228 e. The van der Waals surface area contributed by atoms with Crippen molar-refractivity contribution < 1.29 is 9.21 Å². The molecule has 1 amide bonds. The van der Waals surface area contributed by atoms with Crippen molar-refractivity contribution in [3.8, 4) is 0 Å². The van der Waals surface area contributed by atoms with Crippen LogP contribution in [0.5, 0.6) is 0 Å². The summed E-state index contributed by atoms with van der Waals surface area (Å²) >= 11 is 1.68. The minimum atomic E-state index is -0.0904. The van der Waals surface area contributed by atoms with E-state index >= 15 is 0 Å². The van der Waals surface area contributed by atoms with Crippen LogP contribution in [0, 0.1) is 12.8 Å². The molecule has 3 rings (SSSR count). The Kier molecular flexibility index (Phi) is 4.67. The van der Waals surface area contributed by atoms with E-state index in [1.807, 2.05) is 43.3 Å². The topological polar surface area (TPSA) is 55.1 Å². The average molecular weight is 326 g/mol. The second-order valence-electron chi connectivity index (χ2n) is 5.43. The fourth-order valence-corrected chi connectivity index (χ4v) is 3.14. The van der Waals surface area contributed by atoms with Crippen LogP contribution in [-0.4, -0.2) is 16.6 Å². The van der Waals surface area contributed by atoms with Crippen molar-refractivity contribution >= 4 is 34.5 Å². The van der Waals surface area contributed by atoms with Gasteiger partial charge in [-0.2, -0.15) is 0 Å². The van der Waals surface area contributed by atoms with E-state index in [1.165, 1.54) is 4.90 Å². The summed E-state index contributed by atoms with van der Waals surface area (Å²) in [5.74, 6) is 1.27. The molecule has 4 nitrogen and oxygen atoms in total. The molecule has 0 spiro atoms. The zero-order chi connectivity index (χ0) is 16.2. The van der Waals surface area contributed by atoms with Gasteiger partial charge in [0.1, 0.15) is 5.52 Å². The minimum absolute atomic E-state index is 0.00372. The predicted molar refractivity (Wildman–Crippen MR) is 93.7 cm³/mol. The summed E-state index contributed by atoms with van der Waals surface area (Å²) in [5.41, 5.74) is 2.22. The fraction of sp³-hybridized carbons (Fsp3) is 0.222. The number of carbonyl (C=O) groups excluding carboxylic acids is 1. The van der Waals surface area contributed by atoms with Gasteiger partial charge in [0.15, 0.2) is 11.5 Å². The van der Waals surface area contributed by atoms with Gasteiger partial charge in [-0.1, -0.05) is 25.1 Å². The Labute approximate surface area is 139 Å². The van der Waals surface area contributed by atoms with Crippen LogP contribution >= 0.6 is 11.8 Å². The molecule has 118 valence electrons. The molecule has 0 aliphatic rings. The van der Waals surface area contributed by atoms with Gasteiger partial charge in [0, 0.05) is 35.2 Å². The first-order valence-electron chi connectivity index (χ1n) is 7.48. The number of rotatable bonds is 5. The number of anilines is 1. The molecular formula is C18H18N2O2S. The van der Waals surface area contributed by atoms with E-state index < -0.39 is 0 Å². The first kappa shape index (κ1) is 15.6. The molecule has 0 saturated heterocycles. The number of nitrogens with one attached hydrogen (secondary N) is 1. The summed E-state index contributed by atoms with van der Waals surface area (Å²) in [5, 5.41) is 2.94. The SMILES string of the molecule is Cc1nc2ccc(NC(=O)C(C)CSc3ccccc3)cc2o1. The minimum Gasteiger partial charge on any atom is -0.441 e. The van der Waals surface area contributed by atoms with Gasteiger partial charge in [0.05, 0.1) is 0 Å². The Morgan fingerprint density at radius 1 is 1.26 bits per heavy atom. The zero-order valence-electron chi connectivity index (χ0n) is 13.1. The molecule has 2 aromatic carbocycles. The Morgan fingerprint density at radius 3 is 2.83 bits per heavy atom. The van der Waals surface area contributed by atoms with E-state index in [0.717, 1.165) is 17.0 Å². The van der Waals surface area contributed by atoms with Crippen molar-refractivity contribution in [2.45, 2.75) is 18.7 Å². The number of nitrogens with zero attached hydrogens (tertiary/aromatic N) is 1. The lowest BCUT2D eigenvalue weighted by Gasteiger charge is -2.12. The zero-order valence-corrected chi connectivity index (χ0v) is 13.9. The largest absolute Gasteiger partial charge is 0.441 e. The summed E-state index contributed by atoms with van der Waals surface area (Å²) in [6.07, 6.45) is 0. The van der Waals surface area contributed by atoms with Gasteiger partial charge >= 0.3 is 0 Å². The number of aryl methyl sites for hydroxylation is 1. The lowest BCUT2D eigenvalue weighted by atomic mass is 10.2. The molecule has 1 aromatic heterocycles. The van der Waals surface area contributed by atoms with Crippen molar-refractivity contribution in [3.63, 3.8) is 0 Å². The van der Waals surface area contributed by atoms with E-state index in [4.69, 9.17) is 4.42 Å². The molecule has 3 aromatic rings. The number of aromatic nitrogens is 1. The highest BCUT2D eigenvalue weighted by atomic mass is 32.2. The van der Waals surface area contributed by atoms with Gasteiger partial charge in [-0.3, -0.25) is 4.79 Å². The third-order valence-corrected chi connectivity index (χ3v) is 4.73. The molecule has 0 fully saturated rings. The molecule has 0 aliphatic heterocycles. The van der Waals surface area contributed by atoms with Crippen LogP contribution in [0.4, 0.5) is 5.69 Å². The van der Waals surface area contributed by atoms with Crippen LogP contribution in [-0.2, 0) is 4.79 Å². The van der Waals surface area contributed by atoms with Crippen molar-refractivity contribution in [1.29, 1.82) is 0 Å². The Hall–Kier alpha value is -2.27. The summed E-state index contributed by atoms with van der Waals surface area (Å²) in [7, 11) is 0. The molecule has 0 saturated carbocycles. The molecule has 0 radical (unpaired) electrons. The van der Waals surface area contributed by atoms with Crippen molar-refractivity contribution in [2.24, 2.45) is 5.92 Å². The van der Waals surface area contributed by atoms with E-state index in [1.54, 1.807) is 18.7 Å². The maximum absolute atomic E-state index is 12.3. The normalized spacial score (nSPS) is 12.3. The second-order valence-corrected chi connectivity index (χ2v) is 6.52. The number of fused-ring (bicyclic) bond motifs is 1. The molecule has 1 unspecified atom stereocenters. The van der Waals surface area contributed by atoms with Gasteiger partial charge in [-0.25, -0.2) is 4.98 Å². The first-order valence-corrected chi connectivity index (χ1v) is 8.46. The summed E-state index contributed by atoms with van der Waals surface area (Å²) in [6, 6.07) is 15.6. The number of carbonyl (C=O) groups is 1. The van der Waals surface area contributed by atoms with Gasteiger partial charge in [-0.05, 0) is 24.3 Å². The van der Waals surface area contributed by atoms with E-state index in [2.05, 4.69) is 22.4 Å². The molecule has 1 N–H and O–H groups in total. The number of hydrogen-bond acceptors (Lipinski definition) is 4. The highest BCUT2D eigenvalue weighted by Crippen LogP contribution is 2.23. The third kappa shape index (κ3) is 3.93. The quantitative estimate of drug-likeness (QED) is 0.701. The van der Waals surface area contributed by atoms with Crippen LogP contribution in [0.25, 0.3) is 11.1 Å². The number of amides is 1. The molecule has 5 heteroatoms. The highest BCUT2D eigenvalue weighted by molar-refractivity contribution is 7.99. The van der Waals surface area contributed by atoms with Crippen LogP contribution < -0.4 is 5.32 Å². The van der Waals surface area contributed by atoms with Gasteiger partial charge in [-0.15, -0.1) is 11.8 Å². The van der Waals surface area contributed by atoms with Crippen LogP contribution in [0.3, 0.4) is 0 Å². The molecule has 0 bridgehead atoms. The Bertz CT molecular complexity index is 814. The lowest BCUT2D eigenvalue weighted by Crippen LogP contribution is -2.22. The van der Waals surface area contributed by atoms with Gasteiger partial charge < -0.3 is 9.73 Å². The van der Waals surface area contributed by atoms with Crippen LogP contribution in [0.1, 0.15) is 12.8 Å². The Balaban J connectivity index is 1.60. The van der Waals surface area contributed by atoms with Crippen molar-refractivity contribution in [1.82, 2.24) is 4.98 Å². The molecule has 1 heterocycles. The van der Waals surface area contributed by atoms with Gasteiger partial charge in [0.2, 0.25) is 5.91 Å². The molecule has 1 atom stereocenters. The first-order chi connectivity index (χ1) is 11.1. The summed E-state index contributed by atoms with van der Waals surface area (Å²) < 4.78 is 5.49. The third-order valence-electron chi connectivity index (χ3n) is 3.45. The maximum atomic E-state index is 12.3. The highest BCUT2D eigenvalue weighted by Gasteiger charge is 2.14.